The van der Waals surface area contributed by atoms with Crippen molar-refractivity contribution in [2.45, 2.75) is 26.6 Å². The molecule has 2 unspecified atom stereocenters. The molecule has 0 radical (unpaired) electrons. The zero-order valence-corrected chi connectivity index (χ0v) is 15.0. The first-order valence-electron chi connectivity index (χ1n) is 7.00. The van der Waals surface area contributed by atoms with E-state index in [1.165, 1.54) is 0 Å². The number of carbonyl (C=O) groups is 1. The third-order valence-corrected chi connectivity index (χ3v) is 5.23. The maximum atomic E-state index is 12.5. The number of allylic oxidation sites excluding steroid dienone is 2. The van der Waals surface area contributed by atoms with E-state index in [0.29, 0.717) is 15.6 Å². The highest BCUT2D eigenvalue weighted by atomic mass is 35.5. The van der Waals surface area contributed by atoms with E-state index >= 15 is 0 Å². The molecule has 1 aliphatic rings. The number of benzene rings is 1. The summed E-state index contributed by atoms with van der Waals surface area (Å²) in [7, 11) is 0. The van der Waals surface area contributed by atoms with Crippen molar-refractivity contribution in [2.75, 3.05) is 0 Å². The molecule has 1 saturated carbocycles. The highest BCUT2D eigenvalue weighted by molar-refractivity contribution is 6.36. The second kappa shape index (κ2) is 6.77. The Morgan fingerprint density at radius 2 is 1.83 bits per heavy atom. The number of rotatable bonds is 4. The predicted octanol–water partition coefficient (Wildman–Crippen LogP) is 5.99. The van der Waals surface area contributed by atoms with Crippen LogP contribution < -0.4 is 0 Å². The molecule has 0 aliphatic heterocycles. The molecular formula is C16H14Cl3F3O2. The lowest BCUT2D eigenvalue weighted by Gasteiger charge is -2.09. The number of hydrogen-bond acceptors (Lipinski definition) is 2. The molecule has 2 rings (SSSR count). The number of carbonyl (C=O) groups excluding carboxylic acids is 1. The SMILES string of the molecule is CC1(C)C(/C=C(\Cl)C(F)(F)F)C1C(=O)OCc1c(Cl)cccc1Cl. The van der Waals surface area contributed by atoms with Gasteiger partial charge in [-0.2, -0.15) is 13.2 Å². The van der Waals surface area contributed by atoms with Crippen LogP contribution >= 0.6 is 34.8 Å². The highest BCUT2D eigenvalue weighted by Crippen LogP contribution is 2.60. The minimum absolute atomic E-state index is 0.145. The van der Waals surface area contributed by atoms with Gasteiger partial charge in [0.25, 0.3) is 0 Å². The van der Waals surface area contributed by atoms with Crippen LogP contribution in [0.25, 0.3) is 0 Å². The van der Waals surface area contributed by atoms with Gasteiger partial charge in [-0.1, -0.05) is 60.8 Å². The lowest BCUT2D eigenvalue weighted by molar-refractivity contribution is -0.147. The van der Waals surface area contributed by atoms with Crippen molar-refractivity contribution in [3.05, 3.63) is 44.9 Å². The molecular weight excluding hydrogens is 388 g/mol. The molecule has 1 aromatic rings. The van der Waals surface area contributed by atoms with Crippen LogP contribution in [0, 0.1) is 17.3 Å². The van der Waals surface area contributed by atoms with Gasteiger partial charge in [0, 0.05) is 15.6 Å². The molecule has 0 saturated heterocycles. The number of alkyl halides is 3. The van der Waals surface area contributed by atoms with Crippen molar-refractivity contribution in [3.63, 3.8) is 0 Å². The van der Waals surface area contributed by atoms with Gasteiger partial charge in [-0.15, -0.1) is 0 Å². The Morgan fingerprint density at radius 3 is 2.33 bits per heavy atom. The maximum Gasteiger partial charge on any atom is 0.426 e. The van der Waals surface area contributed by atoms with Crippen LogP contribution in [-0.2, 0) is 16.1 Å². The van der Waals surface area contributed by atoms with Gasteiger partial charge in [-0.25, -0.2) is 0 Å². The fourth-order valence-corrected chi connectivity index (χ4v) is 3.24. The summed E-state index contributed by atoms with van der Waals surface area (Å²) < 4.78 is 42.8. The van der Waals surface area contributed by atoms with Gasteiger partial charge in [0.1, 0.15) is 11.6 Å². The van der Waals surface area contributed by atoms with E-state index in [4.69, 9.17) is 39.5 Å². The third-order valence-electron chi connectivity index (χ3n) is 4.18. The quantitative estimate of drug-likeness (QED) is 0.579. The first-order valence-corrected chi connectivity index (χ1v) is 8.13. The third kappa shape index (κ3) is 4.01. The summed E-state index contributed by atoms with van der Waals surface area (Å²) >= 11 is 17.2. The normalized spacial score (nSPS) is 23.1. The molecule has 0 heterocycles. The molecule has 132 valence electrons. The van der Waals surface area contributed by atoms with Crippen molar-refractivity contribution < 1.29 is 22.7 Å². The lowest BCUT2D eigenvalue weighted by atomic mass is 10.1. The van der Waals surface area contributed by atoms with Gasteiger partial charge in [0.2, 0.25) is 0 Å². The summed E-state index contributed by atoms with van der Waals surface area (Å²) in [5.74, 6) is -1.94. The van der Waals surface area contributed by atoms with Crippen LogP contribution in [0.5, 0.6) is 0 Å². The Balaban J connectivity index is 2.06. The van der Waals surface area contributed by atoms with E-state index in [0.717, 1.165) is 6.08 Å². The molecule has 1 aromatic carbocycles. The fraction of sp³-hybridized carbons (Fsp3) is 0.438. The van der Waals surface area contributed by atoms with Crippen LogP contribution in [0.15, 0.2) is 29.3 Å². The van der Waals surface area contributed by atoms with Crippen molar-refractivity contribution in [2.24, 2.45) is 17.3 Å². The van der Waals surface area contributed by atoms with Gasteiger partial charge in [0.05, 0.1) is 5.92 Å². The molecule has 1 aliphatic carbocycles. The average molecular weight is 402 g/mol. The van der Waals surface area contributed by atoms with Crippen LogP contribution in [0.3, 0.4) is 0 Å². The second-order valence-electron chi connectivity index (χ2n) is 6.15. The number of ether oxygens (including phenoxy) is 1. The van der Waals surface area contributed by atoms with Gasteiger partial charge in [0.15, 0.2) is 0 Å². The van der Waals surface area contributed by atoms with Gasteiger partial charge in [-0.05, 0) is 23.5 Å². The summed E-state index contributed by atoms with van der Waals surface area (Å²) in [5, 5.41) is -0.533. The van der Waals surface area contributed by atoms with Crippen LogP contribution in [0.2, 0.25) is 10.0 Å². The molecule has 0 N–H and O–H groups in total. The fourth-order valence-electron chi connectivity index (χ4n) is 2.59. The van der Waals surface area contributed by atoms with E-state index in [1.807, 2.05) is 0 Å². The molecule has 0 amide bonds. The molecule has 0 bridgehead atoms. The highest BCUT2D eigenvalue weighted by Gasteiger charge is 2.62. The van der Waals surface area contributed by atoms with Crippen molar-refractivity contribution >= 4 is 40.8 Å². The Morgan fingerprint density at radius 1 is 1.29 bits per heavy atom. The van der Waals surface area contributed by atoms with Gasteiger partial charge >= 0.3 is 12.1 Å². The van der Waals surface area contributed by atoms with E-state index in [-0.39, 0.29) is 6.61 Å². The minimum Gasteiger partial charge on any atom is -0.460 e. The van der Waals surface area contributed by atoms with Gasteiger partial charge in [-0.3, -0.25) is 4.79 Å². The van der Waals surface area contributed by atoms with E-state index in [2.05, 4.69) is 0 Å². The molecule has 1 fully saturated rings. The zero-order chi connectivity index (χ0) is 18.3. The first kappa shape index (κ1) is 19.4. The summed E-state index contributed by atoms with van der Waals surface area (Å²) in [6, 6.07) is 4.86. The Labute approximate surface area is 152 Å². The Bertz CT molecular complexity index is 663. The average Bonchev–Trinajstić information content (AvgIpc) is 2.98. The van der Waals surface area contributed by atoms with Crippen molar-refractivity contribution in [1.29, 1.82) is 0 Å². The molecule has 2 atom stereocenters. The van der Waals surface area contributed by atoms with Gasteiger partial charge < -0.3 is 4.74 Å². The predicted molar refractivity (Wildman–Crippen MR) is 87.0 cm³/mol. The topological polar surface area (TPSA) is 26.3 Å². The summed E-state index contributed by atoms with van der Waals surface area (Å²) in [4.78, 5) is 12.2. The van der Waals surface area contributed by atoms with Crippen LogP contribution in [0.1, 0.15) is 19.4 Å². The second-order valence-corrected chi connectivity index (χ2v) is 7.37. The largest absolute Gasteiger partial charge is 0.460 e. The first-order chi connectivity index (χ1) is 11.0. The van der Waals surface area contributed by atoms with E-state index in [9.17, 15) is 18.0 Å². The smallest absolute Gasteiger partial charge is 0.426 e. The molecule has 0 spiro atoms. The van der Waals surface area contributed by atoms with Crippen LogP contribution in [-0.4, -0.2) is 12.1 Å². The monoisotopic (exact) mass is 400 g/mol. The van der Waals surface area contributed by atoms with Crippen molar-refractivity contribution in [3.8, 4) is 0 Å². The number of halogens is 6. The van der Waals surface area contributed by atoms with E-state index in [1.54, 1.807) is 32.0 Å². The molecule has 24 heavy (non-hydrogen) atoms. The maximum absolute atomic E-state index is 12.5. The summed E-state index contributed by atoms with van der Waals surface area (Å²) in [6.45, 7) is 3.22. The minimum atomic E-state index is -4.63. The Hall–Kier alpha value is -0.910. The molecule has 0 aromatic heterocycles. The summed E-state index contributed by atoms with van der Waals surface area (Å²) in [6.07, 6.45) is -3.75. The Kier molecular flexibility index (Phi) is 5.48. The molecule has 8 heteroatoms. The number of hydrogen-bond donors (Lipinski definition) is 0. The zero-order valence-electron chi connectivity index (χ0n) is 12.8. The lowest BCUT2D eigenvalue weighted by Crippen LogP contribution is -2.11. The molecule has 2 nitrogen and oxygen atoms in total. The van der Waals surface area contributed by atoms with Crippen LogP contribution in [0.4, 0.5) is 13.2 Å². The van der Waals surface area contributed by atoms with E-state index < -0.39 is 34.4 Å². The number of esters is 1. The van der Waals surface area contributed by atoms with Crippen molar-refractivity contribution in [1.82, 2.24) is 0 Å². The standard InChI is InChI=1S/C16H14Cl3F3O2/c1-15(2)9(6-12(19)16(20,21)22)13(15)14(23)24-7-8-10(17)4-3-5-11(8)18/h3-6,9,13H,7H2,1-2H3/b12-6-. The summed E-state index contributed by atoms with van der Waals surface area (Å²) in [5.41, 5.74) is -0.208.